The second kappa shape index (κ2) is 5.73. The molecule has 3 aliphatic rings. The van der Waals surface area contributed by atoms with Crippen LogP contribution in [0.5, 0.6) is 0 Å². The zero-order chi connectivity index (χ0) is 17.0. The number of aromatic nitrogens is 2. The van der Waals surface area contributed by atoms with Crippen molar-refractivity contribution in [2.24, 2.45) is 11.8 Å². The summed E-state index contributed by atoms with van der Waals surface area (Å²) in [6, 6.07) is 6.48. The van der Waals surface area contributed by atoms with Gasteiger partial charge in [-0.25, -0.2) is 4.98 Å². The van der Waals surface area contributed by atoms with Gasteiger partial charge >= 0.3 is 5.97 Å². The smallest absolute Gasteiger partial charge is 0.306 e. The standard InChI is InChI=1S/C19H24N4O2/c24-18(25)15-11-14(15)12-21-7-9-22(10-8-21)19-20-16-5-1-3-13-4-2-6-23(19)17(13)16/h1,3,5,14-15H,2,4,6-12H2,(H,24,25)/t14-,15+/m0/s1. The largest absolute Gasteiger partial charge is 0.481 e. The first-order valence-corrected chi connectivity index (χ1v) is 9.39. The van der Waals surface area contributed by atoms with Gasteiger partial charge in [-0.1, -0.05) is 12.1 Å². The summed E-state index contributed by atoms with van der Waals surface area (Å²) in [5.74, 6) is 0.763. The Morgan fingerprint density at radius 2 is 2.04 bits per heavy atom. The third-order valence-electron chi connectivity index (χ3n) is 6.05. The molecule has 1 N–H and O–H groups in total. The number of hydrogen-bond donors (Lipinski definition) is 1. The van der Waals surface area contributed by atoms with E-state index in [0.29, 0.717) is 5.92 Å². The molecule has 2 aromatic rings. The number of aliphatic carboxylic acids is 1. The molecule has 0 radical (unpaired) electrons. The van der Waals surface area contributed by atoms with Crippen LogP contribution in [-0.2, 0) is 17.8 Å². The van der Waals surface area contributed by atoms with E-state index in [4.69, 9.17) is 10.1 Å². The first kappa shape index (κ1) is 15.2. The minimum absolute atomic E-state index is 0.0986. The number of rotatable bonds is 4. The van der Waals surface area contributed by atoms with Crippen LogP contribution < -0.4 is 4.90 Å². The van der Waals surface area contributed by atoms with Crippen LogP contribution in [0.4, 0.5) is 5.95 Å². The maximum absolute atomic E-state index is 11.0. The molecule has 0 amide bonds. The van der Waals surface area contributed by atoms with Gasteiger partial charge in [0, 0.05) is 39.3 Å². The first-order chi connectivity index (χ1) is 12.2. The van der Waals surface area contributed by atoms with E-state index < -0.39 is 5.97 Å². The molecule has 3 heterocycles. The predicted molar refractivity (Wildman–Crippen MR) is 95.9 cm³/mol. The Balaban J connectivity index is 1.29. The second-order valence-corrected chi connectivity index (χ2v) is 7.68. The van der Waals surface area contributed by atoms with Crippen LogP contribution in [0.2, 0.25) is 0 Å². The summed E-state index contributed by atoms with van der Waals surface area (Å²) in [4.78, 5) is 20.8. The maximum atomic E-state index is 11.0. The fourth-order valence-corrected chi connectivity index (χ4v) is 4.54. The molecule has 2 aliphatic heterocycles. The van der Waals surface area contributed by atoms with Gasteiger partial charge < -0.3 is 14.6 Å². The van der Waals surface area contributed by atoms with Gasteiger partial charge in [0.2, 0.25) is 5.95 Å². The molecule has 1 saturated heterocycles. The van der Waals surface area contributed by atoms with Crippen LogP contribution in [0.15, 0.2) is 18.2 Å². The van der Waals surface area contributed by atoms with E-state index >= 15 is 0 Å². The molecule has 2 fully saturated rings. The normalized spacial score (nSPS) is 26.2. The molecule has 1 saturated carbocycles. The summed E-state index contributed by atoms with van der Waals surface area (Å²) >= 11 is 0. The molecule has 1 aromatic heterocycles. The van der Waals surface area contributed by atoms with Gasteiger partial charge in [0.15, 0.2) is 0 Å². The van der Waals surface area contributed by atoms with Crippen LogP contribution in [0, 0.1) is 11.8 Å². The Morgan fingerprint density at radius 1 is 1.20 bits per heavy atom. The highest BCUT2D eigenvalue weighted by Gasteiger charge is 2.44. The van der Waals surface area contributed by atoms with E-state index in [0.717, 1.165) is 63.6 Å². The minimum Gasteiger partial charge on any atom is -0.481 e. The number of piperazine rings is 1. The second-order valence-electron chi connectivity index (χ2n) is 7.68. The van der Waals surface area contributed by atoms with Crippen LogP contribution in [-0.4, -0.2) is 58.3 Å². The molecule has 1 aliphatic carbocycles. The fourth-order valence-electron chi connectivity index (χ4n) is 4.54. The van der Waals surface area contributed by atoms with E-state index in [1.54, 1.807) is 0 Å². The third kappa shape index (κ3) is 2.59. The number of para-hydroxylation sites is 1. The number of carboxylic acid groups (broad SMARTS) is 1. The molecule has 1 aromatic carbocycles. The van der Waals surface area contributed by atoms with Gasteiger partial charge in [-0.2, -0.15) is 0 Å². The van der Waals surface area contributed by atoms with Crippen molar-refractivity contribution in [3.63, 3.8) is 0 Å². The Bertz CT molecular complexity index is 822. The lowest BCUT2D eigenvalue weighted by Crippen LogP contribution is -2.48. The van der Waals surface area contributed by atoms with E-state index in [-0.39, 0.29) is 5.92 Å². The SMILES string of the molecule is O=C(O)[C@@H]1C[C@H]1CN1CCN(c2nc3cccc4c3n2CCC4)CC1. The average Bonchev–Trinajstić information content (AvgIpc) is 3.30. The molecular formula is C19H24N4O2. The van der Waals surface area contributed by atoms with Gasteiger partial charge in [-0.15, -0.1) is 0 Å². The zero-order valence-corrected chi connectivity index (χ0v) is 14.4. The lowest BCUT2D eigenvalue weighted by molar-refractivity contribution is -0.138. The molecule has 5 rings (SSSR count). The number of anilines is 1. The van der Waals surface area contributed by atoms with Crippen LogP contribution in [0.3, 0.4) is 0 Å². The summed E-state index contributed by atoms with van der Waals surface area (Å²) in [5.41, 5.74) is 3.87. The number of aryl methyl sites for hydroxylation is 2. The highest BCUT2D eigenvalue weighted by molar-refractivity contribution is 5.83. The Morgan fingerprint density at radius 3 is 2.80 bits per heavy atom. The molecule has 132 valence electrons. The van der Waals surface area contributed by atoms with Crippen molar-refractivity contribution in [3.05, 3.63) is 23.8 Å². The van der Waals surface area contributed by atoms with E-state index in [2.05, 4.69) is 32.6 Å². The summed E-state index contributed by atoms with van der Waals surface area (Å²) in [6.07, 6.45) is 3.20. The quantitative estimate of drug-likeness (QED) is 0.920. The molecule has 6 nitrogen and oxygen atoms in total. The van der Waals surface area contributed by atoms with Crippen molar-refractivity contribution in [1.82, 2.24) is 14.5 Å². The van der Waals surface area contributed by atoms with E-state index in [1.807, 2.05) is 0 Å². The van der Waals surface area contributed by atoms with Gasteiger partial charge in [-0.3, -0.25) is 9.69 Å². The lowest BCUT2D eigenvalue weighted by atomic mass is 10.0. The predicted octanol–water partition coefficient (Wildman–Crippen LogP) is 1.83. The lowest BCUT2D eigenvalue weighted by Gasteiger charge is -2.36. The molecule has 0 spiro atoms. The van der Waals surface area contributed by atoms with Crippen LogP contribution in [0.1, 0.15) is 18.4 Å². The van der Waals surface area contributed by atoms with Crippen LogP contribution >= 0.6 is 0 Å². The number of benzene rings is 1. The molecule has 6 heteroatoms. The monoisotopic (exact) mass is 340 g/mol. The molecule has 0 unspecified atom stereocenters. The topological polar surface area (TPSA) is 61.6 Å². The minimum atomic E-state index is -0.623. The third-order valence-corrected chi connectivity index (χ3v) is 6.05. The summed E-state index contributed by atoms with van der Waals surface area (Å²) < 4.78 is 2.41. The van der Waals surface area contributed by atoms with Gasteiger partial charge in [0.1, 0.15) is 0 Å². The molecule has 25 heavy (non-hydrogen) atoms. The Kier molecular flexibility index (Phi) is 3.48. The number of hydrogen-bond acceptors (Lipinski definition) is 4. The Hall–Kier alpha value is -2.08. The number of carbonyl (C=O) groups is 1. The van der Waals surface area contributed by atoms with Gasteiger partial charge in [0.25, 0.3) is 0 Å². The zero-order valence-electron chi connectivity index (χ0n) is 14.4. The first-order valence-electron chi connectivity index (χ1n) is 9.39. The number of imidazole rings is 1. The van der Waals surface area contributed by atoms with Gasteiger partial charge in [-0.05, 0) is 36.8 Å². The summed E-state index contributed by atoms with van der Waals surface area (Å²) in [5, 5.41) is 9.06. The Labute approximate surface area is 147 Å². The van der Waals surface area contributed by atoms with Crippen molar-refractivity contribution in [1.29, 1.82) is 0 Å². The highest BCUT2D eigenvalue weighted by Crippen LogP contribution is 2.39. The van der Waals surface area contributed by atoms with Crippen molar-refractivity contribution in [3.8, 4) is 0 Å². The fraction of sp³-hybridized carbons (Fsp3) is 0.579. The average molecular weight is 340 g/mol. The van der Waals surface area contributed by atoms with Crippen molar-refractivity contribution < 1.29 is 9.90 Å². The number of carboxylic acids is 1. The molecular weight excluding hydrogens is 316 g/mol. The van der Waals surface area contributed by atoms with Crippen molar-refractivity contribution >= 4 is 23.0 Å². The maximum Gasteiger partial charge on any atom is 0.306 e. The highest BCUT2D eigenvalue weighted by atomic mass is 16.4. The summed E-state index contributed by atoms with van der Waals surface area (Å²) in [6.45, 7) is 5.95. The van der Waals surface area contributed by atoms with Gasteiger partial charge in [0.05, 0.1) is 17.0 Å². The summed E-state index contributed by atoms with van der Waals surface area (Å²) in [7, 11) is 0. The van der Waals surface area contributed by atoms with E-state index in [9.17, 15) is 4.79 Å². The van der Waals surface area contributed by atoms with E-state index in [1.165, 1.54) is 17.5 Å². The van der Waals surface area contributed by atoms with Crippen molar-refractivity contribution in [2.75, 3.05) is 37.6 Å². The molecule has 2 atom stereocenters. The van der Waals surface area contributed by atoms with Crippen molar-refractivity contribution in [2.45, 2.75) is 25.8 Å². The number of nitrogens with zero attached hydrogens (tertiary/aromatic N) is 4. The molecule has 0 bridgehead atoms. The van der Waals surface area contributed by atoms with Crippen LogP contribution in [0.25, 0.3) is 11.0 Å².